The van der Waals surface area contributed by atoms with Crippen molar-refractivity contribution >= 4 is 29.2 Å². The summed E-state index contributed by atoms with van der Waals surface area (Å²) in [5.41, 5.74) is 2.06. The molecule has 1 amide bonds. The van der Waals surface area contributed by atoms with Crippen molar-refractivity contribution in [2.24, 2.45) is 0 Å². The highest BCUT2D eigenvalue weighted by molar-refractivity contribution is 6.30. The minimum atomic E-state index is -0.710. The largest absolute Gasteiger partial charge is 0.479 e. The molecule has 0 fully saturated rings. The lowest BCUT2D eigenvalue weighted by Gasteiger charge is -2.14. The van der Waals surface area contributed by atoms with E-state index in [-0.39, 0.29) is 5.91 Å². The standard InChI is InChI=1S/C21H24ClNO4/c1-4-5-12-26-21(25)15(3)27-18-9-6-16(7-10-18)20(24)23-19-11-8-17(22)13-14(19)2/h6-11,13,15H,4-5,12H2,1-3H3,(H,23,24). The molecule has 0 saturated carbocycles. The summed E-state index contributed by atoms with van der Waals surface area (Å²) in [6.45, 7) is 5.93. The molecule has 0 aliphatic carbocycles. The zero-order chi connectivity index (χ0) is 19.8. The van der Waals surface area contributed by atoms with Gasteiger partial charge in [-0.05, 0) is 68.3 Å². The van der Waals surface area contributed by atoms with Gasteiger partial charge in [0, 0.05) is 16.3 Å². The third kappa shape index (κ3) is 6.29. The first-order valence-corrected chi connectivity index (χ1v) is 9.29. The van der Waals surface area contributed by atoms with E-state index in [1.54, 1.807) is 49.4 Å². The number of benzene rings is 2. The molecule has 144 valence electrons. The molecule has 2 rings (SSSR count). The van der Waals surface area contributed by atoms with Crippen molar-refractivity contribution in [2.75, 3.05) is 11.9 Å². The number of halogens is 1. The molecule has 0 aliphatic heterocycles. The third-order valence-corrected chi connectivity index (χ3v) is 4.18. The zero-order valence-electron chi connectivity index (χ0n) is 15.8. The molecule has 0 saturated heterocycles. The summed E-state index contributed by atoms with van der Waals surface area (Å²) < 4.78 is 10.7. The Morgan fingerprint density at radius 1 is 1.15 bits per heavy atom. The van der Waals surface area contributed by atoms with Gasteiger partial charge >= 0.3 is 5.97 Å². The second-order valence-corrected chi connectivity index (χ2v) is 6.66. The molecule has 1 unspecified atom stereocenters. The fourth-order valence-corrected chi connectivity index (χ4v) is 2.56. The van der Waals surface area contributed by atoms with Crippen molar-refractivity contribution in [2.45, 2.75) is 39.7 Å². The van der Waals surface area contributed by atoms with Gasteiger partial charge in [-0.1, -0.05) is 24.9 Å². The van der Waals surface area contributed by atoms with Crippen molar-refractivity contribution in [3.63, 3.8) is 0 Å². The Morgan fingerprint density at radius 3 is 2.48 bits per heavy atom. The number of unbranched alkanes of at least 4 members (excludes halogenated alkanes) is 1. The Hall–Kier alpha value is -2.53. The maximum atomic E-state index is 12.4. The van der Waals surface area contributed by atoms with Gasteiger partial charge in [0.25, 0.3) is 5.91 Å². The maximum Gasteiger partial charge on any atom is 0.347 e. The van der Waals surface area contributed by atoms with Crippen LogP contribution in [0.5, 0.6) is 5.75 Å². The Morgan fingerprint density at radius 2 is 1.85 bits per heavy atom. The van der Waals surface area contributed by atoms with E-state index in [2.05, 4.69) is 5.32 Å². The van der Waals surface area contributed by atoms with Gasteiger partial charge in [0.15, 0.2) is 6.10 Å². The van der Waals surface area contributed by atoms with E-state index in [0.29, 0.717) is 28.6 Å². The van der Waals surface area contributed by atoms with Crippen molar-refractivity contribution < 1.29 is 19.1 Å². The Bertz CT molecular complexity index is 789. The quantitative estimate of drug-likeness (QED) is 0.509. The van der Waals surface area contributed by atoms with E-state index in [0.717, 1.165) is 18.4 Å². The number of hydrogen-bond acceptors (Lipinski definition) is 4. The van der Waals surface area contributed by atoms with Crippen LogP contribution in [-0.4, -0.2) is 24.6 Å². The number of hydrogen-bond donors (Lipinski definition) is 1. The first-order chi connectivity index (χ1) is 12.9. The van der Waals surface area contributed by atoms with Crippen molar-refractivity contribution in [3.05, 3.63) is 58.6 Å². The van der Waals surface area contributed by atoms with Gasteiger partial charge in [0.2, 0.25) is 0 Å². The molecular formula is C21H24ClNO4. The number of esters is 1. The molecule has 5 nitrogen and oxygen atoms in total. The summed E-state index contributed by atoms with van der Waals surface area (Å²) in [5, 5.41) is 3.47. The monoisotopic (exact) mass is 389 g/mol. The lowest BCUT2D eigenvalue weighted by atomic mass is 10.1. The highest BCUT2D eigenvalue weighted by Gasteiger charge is 2.16. The van der Waals surface area contributed by atoms with Crippen LogP contribution in [0.25, 0.3) is 0 Å². The number of carbonyl (C=O) groups excluding carboxylic acids is 2. The van der Waals surface area contributed by atoms with Gasteiger partial charge in [-0.2, -0.15) is 0 Å². The smallest absolute Gasteiger partial charge is 0.347 e. The Kier molecular flexibility index (Phi) is 7.67. The van der Waals surface area contributed by atoms with Crippen LogP contribution in [0.1, 0.15) is 42.6 Å². The molecular weight excluding hydrogens is 366 g/mol. The molecule has 1 atom stereocenters. The summed E-state index contributed by atoms with van der Waals surface area (Å²) in [5.74, 6) is -0.142. The lowest BCUT2D eigenvalue weighted by molar-refractivity contribution is -0.151. The van der Waals surface area contributed by atoms with Crippen LogP contribution < -0.4 is 10.1 Å². The van der Waals surface area contributed by atoms with E-state index in [1.165, 1.54) is 0 Å². The molecule has 2 aromatic carbocycles. The maximum absolute atomic E-state index is 12.4. The summed E-state index contributed by atoms with van der Waals surface area (Å²) in [6, 6.07) is 11.9. The molecule has 6 heteroatoms. The normalized spacial score (nSPS) is 11.6. The molecule has 27 heavy (non-hydrogen) atoms. The molecule has 1 N–H and O–H groups in total. The number of carbonyl (C=O) groups is 2. The van der Waals surface area contributed by atoms with Crippen LogP contribution in [0.3, 0.4) is 0 Å². The fourth-order valence-electron chi connectivity index (χ4n) is 2.33. The average molecular weight is 390 g/mol. The molecule has 0 spiro atoms. The van der Waals surface area contributed by atoms with Crippen LogP contribution in [0, 0.1) is 6.92 Å². The van der Waals surface area contributed by atoms with Crippen LogP contribution in [0.2, 0.25) is 5.02 Å². The van der Waals surface area contributed by atoms with Gasteiger partial charge in [-0.15, -0.1) is 0 Å². The Balaban J connectivity index is 1.93. The number of amides is 1. The number of anilines is 1. The first kappa shape index (κ1) is 20.8. The van der Waals surface area contributed by atoms with E-state index >= 15 is 0 Å². The van der Waals surface area contributed by atoms with Crippen LogP contribution >= 0.6 is 11.6 Å². The molecule has 0 radical (unpaired) electrons. The molecule has 0 aliphatic rings. The summed E-state index contributed by atoms with van der Waals surface area (Å²) >= 11 is 5.93. The minimum Gasteiger partial charge on any atom is -0.479 e. The fraction of sp³-hybridized carbons (Fsp3) is 0.333. The molecule has 0 aromatic heterocycles. The highest BCUT2D eigenvalue weighted by Crippen LogP contribution is 2.21. The first-order valence-electron chi connectivity index (χ1n) is 8.91. The summed E-state index contributed by atoms with van der Waals surface area (Å²) in [4.78, 5) is 24.2. The van der Waals surface area contributed by atoms with Gasteiger partial charge in [0.05, 0.1) is 6.61 Å². The highest BCUT2D eigenvalue weighted by atomic mass is 35.5. The SMILES string of the molecule is CCCCOC(=O)C(C)Oc1ccc(C(=O)Nc2ccc(Cl)cc2C)cc1. The number of aryl methyl sites for hydroxylation is 1. The second-order valence-electron chi connectivity index (χ2n) is 6.22. The van der Waals surface area contributed by atoms with Crippen molar-refractivity contribution in [1.82, 2.24) is 0 Å². The van der Waals surface area contributed by atoms with Gasteiger partial charge in [0.1, 0.15) is 5.75 Å². The number of ether oxygens (including phenoxy) is 2. The van der Waals surface area contributed by atoms with Gasteiger partial charge in [-0.25, -0.2) is 4.79 Å². The van der Waals surface area contributed by atoms with Gasteiger partial charge in [-0.3, -0.25) is 4.79 Å². The topological polar surface area (TPSA) is 64.6 Å². The predicted octanol–water partition coefficient (Wildman–Crippen LogP) is 5.01. The lowest BCUT2D eigenvalue weighted by Crippen LogP contribution is -2.26. The van der Waals surface area contributed by atoms with E-state index in [4.69, 9.17) is 21.1 Å². The Labute approximate surface area is 164 Å². The molecule has 0 heterocycles. The molecule has 0 bridgehead atoms. The van der Waals surface area contributed by atoms with Crippen molar-refractivity contribution in [3.8, 4) is 5.75 Å². The van der Waals surface area contributed by atoms with Crippen LogP contribution in [0.15, 0.2) is 42.5 Å². The van der Waals surface area contributed by atoms with Crippen LogP contribution in [-0.2, 0) is 9.53 Å². The predicted molar refractivity (Wildman–Crippen MR) is 107 cm³/mol. The molecule has 2 aromatic rings. The average Bonchev–Trinajstić information content (AvgIpc) is 2.64. The third-order valence-electron chi connectivity index (χ3n) is 3.94. The second kappa shape index (κ2) is 9.97. The number of rotatable bonds is 8. The minimum absolute atomic E-state index is 0.237. The van der Waals surface area contributed by atoms with Crippen LogP contribution in [0.4, 0.5) is 5.69 Å². The number of nitrogens with one attached hydrogen (secondary N) is 1. The summed E-state index contributed by atoms with van der Waals surface area (Å²) in [7, 11) is 0. The van der Waals surface area contributed by atoms with E-state index in [9.17, 15) is 9.59 Å². The summed E-state index contributed by atoms with van der Waals surface area (Å²) in [6.07, 6.45) is 1.08. The van der Waals surface area contributed by atoms with E-state index < -0.39 is 12.1 Å². The van der Waals surface area contributed by atoms with E-state index in [1.807, 2.05) is 13.8 Å². The van der Waals surface area contributed by atoms with Gasteiger partial charge < -0.3 is 14.8 Å². The zero-order valence-corrected chi connectivity index (χ0v) is 16.5. The van der Waals surface area contributed by atoms with Crippen molar-refractivity contribution in [1.29, 1.82) is 0 Å².